The van der Waals surface area contributed by atoms with Crippen LogP contribution < -0.4 is 0 Å². The molecule has 1 aliphatic rings. The molecular formula is C21H21NO4. The number of hydrogen-bond acceptors (Lipinski definition) is 4. The number of Topliss-reactive ketones (excluding diaryl/α,β-unsaturated/α-hetero) is 1. The van der Waals surface area contributed by atoms with Gasteiger partial charge < -0.3 is 4.74 Å². The number of rotatable bonds is 6. The molecule has 3 rings (SSSR count). The number of ketones is 1. The first-order chi connectivity index (χ1) is 12.6. The topological polar surface area (TPSA) is 63.7 Å². The van der Waals surface area contributed by atoms with Crippen LogP contribution in [0.5, 0.6) is 0 Å². The van der Waals surface area contributed by atoms with Crippen molar-refractivity contribution in [3.63, 3.8) is 0 Å². The molecule has 0 N–H and O–H groups in total. The van der Waals surface area contributed by atoms with Crippen molar-refractivity contribution in [2.24, 2.45) is 0 Å². The number of ether oxygens (including phenoxy) is 1. The zero-order valence-electron chi connectivity index (χ0n) is 14.7. The molecule has 0 spiro atoms. The number of hydrogen-bond donors (Lipinski definition) is 0. The van der Waals surface area contributed by atoms with Gasteiger partial charge in [0.05, 0.1) is 0 Å². The third kappa shape index (κ3) is 3.99. The fraction of sp³-hybridized carbons (Fsp3) is 0.286. The summed E-state index contributed by atoms with van der Waals surface area (Å²) in [6.45, 7) is 2.13. The average Bonchev–Trinajstić information content (AvgIpc) is 3.04. The van der Waals surface area contributed by atoms with Crippen molar-refractivity contribution >= 4 is 17.8 Å². The van der Waals surface area contributed by atoms with Crippen LogP contribution in [0.4, 0.5) is 4.79 Å². The summed E-state index contributed by atoms with van der Waals surface area (Å²) in [7, 11) is 0. The monoisotopic (exact) mass is 351 g/mol. The highest BCUT2D eigenvalue weighted by Crippen LogP contribution is 2.28. The first kappa shape index (κ1) is 17.9. The molecule has 0 saturated carbocycles. The number of carbonyl (C=O) groups is 3. The Hall–Kier alpha value is -2.95. The van der Waals surface area contributed by atoms with E-state index in [-0.39, 0.29) is 31.1 Å². The van der Waals surface area contributed by atoms with Crippen LogP contribution in [0.15, 0.2) is 54.6 Å². The summed E-state index contributed by atoms with van der Waals surface area (Å²) in [4.78, 5) is 37.8. The third-order valence-corrected chi connectivity index (χ3v) is 4.49. The van der Waals surface area contributed by atoms with E-state index in [9.17, 15) is 14.4 Å². The van der Waals surface area contributed by atoms with Crippen LogP contribution in [0.3, 0.4) is 0 Å². The Morgan fingerprint density at radius 3 is 2.42 bits per heavy atom. The summed E-state index contributed by atoms with van der Waals surface area (Å²) < 4.78 is 5.06. The number of amides is 2. The molecular weight excluding hydrogens is 330 g/mol. The normalized spacial score (nSPS) is 16.4. The second kappa shape index (κ2) is 7.95. The Kier molecular flexibility index (Phi) is 5.46. The smallest absolute Gasteiger partial charge is 0.417 e. The van der Waals surface area contributed by atoms with Crippen LogP contribution in [0.2, 0.25) is 0 Å². The summed E-state index contributed by atoms with van der Waals surface area (Å²) in [5, 5.41) is 0. The van der Waals surface area contributed by atoms with E-state index in [2.05, 4.69) is 0 Å². The molecule has 1 unspecified atom stereocenters. The van der Waals surface area contributed by atoms with Gasteiger partial charge in [-0.15, -0.1) is 0 Å². The number of aryl methyl sites for hydroxylation is 1. The molecule has 2 aromatic carbocycles. The summed E-state index contributed by atoms with van der Waals surface area (Å²) in [6.07, 6.45) is 0.189. The van der Waals surface area contributed by atoms with Crippen molar-refractivity contribution < 1.29 is 19.1 Å². The van der Waals surface area contributed by atoms with E-state index in [4.69, 9.17) is 4.74 Å². The Morgan fingerprint density at radius 2 is 1.73 bits per heavy atom. The number of carbonyl (C=O) groups excluding carboxylic acids is 3. The van der Waals surface area contributed by atoms with Gasteiger partial charge in [0.25, 0.3) is 0 Å². The zero-order valence-corrected chi connectivity index (χ0v) is 14.7. The Labute approximate surface area is 152 Å². The van der Waals surface area contributed by atoms with E-state index >= 15 is 0 Å². The zero-order chi connectivity index (χ0) is 18.5. The molecule has 1 saturated heterocycles. The molecule has 26 heavy (non-hydrogen) atoms. The van der Waals surface area contributed by atoms with Gasteiger partial charge in [0.1, 0.15) is 12.6 Å². The van der Waals surface area contributed by atoms with Crippen molar-refractivity contribution in [2.75, 3.05) is 6.61 Å². The van der Waals surface area contributed by atoms with E-state index in [0.29, 0.717) is 12.0 Å². The molecule has 134 valence electrons. The maximum Gasteiger partial charge on any atom is 0.417 e. The fourth-order valence-corrected chi connectivity index (χ4v) is 3.02. The fourth-order valence-electron chi connectivity index (χ4n) is 3.02. The standard InChI is InChI=1S/C21H21NO4/c1-15-10-12-17(13-11-15)19(23)8-5-9-20(24)22-18(14-26-21(22)25)16-6-3-2-4-7-16/h2-4,6-7,10-13,18H,5,8-9,14H2,1H3. The predicted octanol–water partition coefficient (Wildman–Crippen LogP) is 4.07. The molecule has 2 aromatic rings. The maximum absolute atomic E-state index is 12.5. The third-order valence-electron chi connectivity index (χ3n) is 4.49. The summed E-state index contributed by atoms with van der Waals surface area (Å²) in [6, 6.07) is 16.3. The van der Waals surface area contributed by atoms with Crippen LogP contribution in [0.1, 0.15) is 46.8 Å². The highest BCUT2D eigenvalue weighted by Gasteiger charge is 2.38. The molecule has 0 bridgehead atoms. The van der Waals surface area contributed by atoms with E-state index in [1.54, 1.807) is 12.1 Å². The van der Waals surface area contributed by atoms with Gasteiger partial charge in [-0.05, 0) is 18.9 Å². The lowest BCUT2D eigenvalue weighted by Crippen LogP contribution is -2.34. The highest BCUT2D eigenvalue weighted by atomic mass is 16.6. The predicted molar refractivity (Wildman–Crippen MR) is 96.7 cm³/mol. The number of benzene rings is 2. The molecule has 0 aliphatic carbocycles. The molecule has 0 aromatic heterocycles. The molecule has 5 heteroatoms. The van der Waals surface area contributed by atoms with Crippen molar-refractivity contribution in [1.82, 2.24) is 4.90 Å². The second-order valence-corrected chi connectivity index (χ2v) is 6.41. The van der Waals surface area contributed by atoms with Gasteiger partial charge in [-0.1, -0.05) is 60.2 Å². The van der Waals surface area contributed by atoms with Gasteiger partial charge in [-0.25, -0.2) is 9.69 Å². The maximum atomic E-state index is 12.5. The number of nitrogens with zero attached hydrogens (tertiary/aromatic N) is 1. The average molecular weight is 351 g/mol. The van der Waals surface area contributed by atoms with Crippen LogP contribution in [-0.4, -0.2) is 29.3 Å². The van der Waals surface area contributed by atoms with E-state index in [0.717, 1.165) is 11.1 Å². The van der Waals surface area contributed by atoms with Crippen LogP contribution >= 0.6 is 0 Å². The van der Waals surface area contributed by atoms with Crippen molar-refractivity contribution in [1.29, 1.82) is 0 Å². The molecule has 5 nitrogen and oxygen atoms in total. The van der Waals surface area contributed by atoms with Crippen molar-refractivity contribution in [3.8, 4) is 0 Å². The van der Waals surface area contributed by atoms with Crippen molar-refractivity contribution in [3.05, 3.63) is 71.3 Å². The molecule has 1 heterocycles. The quantitative estimate of drug-likeness (QED) is 0.736. The number of imide groups is 1. The molecule has 1 fully saturated rings. The van der Waals surface area contributed by atoms with E-state index in [1.165, 1.54) is 4.90 Å². The minimum absolute atomic E-state index is 0.00130. The van der Waals surface area contributed by atoms with Gasteiger partial charge in [0.15, 0.2) is 5.78 Å². The Bertz CT molecular complexity index is 799. The largest absolute Gasteiger partial charge is 0.446 e. The van der Waals surface area contributed by atoms with E-state index < -0.39 is 12.1 Å². The van der Waals surface area contributed by atoms with Gasteiger partial charge in [0.2, 0.25) is 5.91 Å². The number of cyclic esters (lactones) is 1. The Balaban J connectivity index is 1.57. The molecule has 0 radical (unpaired) electrons. The minimum Gasteiger partial charge on any atom is -0.446 e. The van der Waals surface area contributed by atoms with Crippen LogP contribution in [0.25, 0.3) is 0 Å². The first-order valence-electron chi connectivity index (χ1n) is 8.70. The molecule has 2 amide bonds. The van der Waals surface area contributed by atoms with Crippen LogP contribution in [0, 0.1) is 6.92 Å². The lowest BCUT2D eigenvalue weighted by atomic mass is 10.0. The summed E-state index contributed by atoms with van der Waals surface area (Å²) >= 11 is 0. The lowest BCUT2D eigenvalue weighted by Gasteiger charge is -2.19. The lowest BCUT2D eigenvalue weighted by molar-refractivity contribution is -0.129. The van der Waals surface area contributed by atoms with Gasteiger partial charge in [-0.2, -0.15) is 0 Å². The van der Waals surface area contributed by atoms with E-state index in [1.807, 2.05) is 49.4 Å². The molecule has 1 aliphatic heterocycles. The second-order valence-electron chi connectivity index (χ2n) is 6.41. The van der Waals surface area contributed by atoms with Crippen molar-refractivity contribution in [2.45, 2.75) is 32.2 Å². The first-order valence-corrected chi connectivity index (χ1v) is 8.70. The minimum atomic E-state index is -0.617. The van der Waals surface area contributed by atoms with Gasteiger partial charge in [-0.3, -0.25) is 9.59 Å². The molecule has 1 atom stereocenters. The van der Waals surface area contributed by atoms with Gasteiger partial charge >= 0.3 is 6.09 Å². The SMILES string of the molecule is Cc1ccc(C(=O)CCCC(=O)N2C(=O)OCC2c2ccccc2)cc1. The van der Waals surface area contributed by atoms with Crippen LogP contribution in [-0.2, 0) is 9.53 Å². The summed E-state index contributed by atoms with van der Waals surface area (Å²) in [5.74, 6) is -0.306. The Morgan fingerprint density at radius 1 is 1.04 bits per heavy atom. The summed E-state index contributed by atoms with van der Waals surface area (Å²) in [5.41, 5.74) is 2.60. The highest BCUT2D eigenvalue weighted by molar-refractivity contribution is 5.97. The van der Waals surface area contributed by atoms with Gasteiger partial charge in [0, 0.05) is 18.4 Å².